The highest BCUT2D eigenvalue weighted by Crippen LogP contribution is 2.25. The van der Waals surface area contributed by atoms with Crippen LogP contribution in [0.5, 0.6) is 0 Å². The van der Waals surface area contributed by atoms with Gasteiger partial charge >= 0.3 is 0 Å². The monoisotopic (exact) mass is 328 g/mol. The second kappa shape index (κ2) is 6.95. The minimum absolute atomic E-state index is 0.00823. The highest BCUT2D eigenvalue weighted by Gasteiger charge is 2.23. The topological polar surface area (TPSA) is 58.1 Å². The van der Waals surface area contributed by atoms with Gasteiger partial charge < -0.3 is 10.2 Å². The summed E-state index contributed by atoms with van der Waals surface area (Å²) in [7, 11) is 0. The third kappa shape index (κ3) is 3.69. The quantitative estimate of drug-likeness (QED) is 0.941. The van der Waals surface area contributed by atoms with Gasteiger partial charge in [0.1, 0.15) is 5.82 Å². The SMILES string of the molecule is CC(=O)NC1CCCN(c2nnc(-c3cccc(F)c3)cc2C)C1. The van der Waals surface area contributed by atoms with Crippen molar-refractivity contribution >= 4 is 11.7 Å². The van der Waals surface area contributed by atoms with E-state index < -0.39 is 0 Å². The van der Waals surface area contributed by atoms with Gasteiger partial charge in [-0.15, -0.1) is 10.2 Å². The molecule has 1 saturated heterocycles. The molecule has 1 atom stereocenters. The summed E-state index contributed by atoms with van der Waals surface area (Å²) in [6, 6.07) is 8.42. The molecule has 5 nitrogen and oxygen atoms in total. The summed E-state index contributed by atoms with van der Waals surface area (Å²) in [4.78, 5) is 13.4. The second-order valence-corrected chi connectivity index (χ2v) is 6.23. The first-order valence-electron chi connectivity index (χ1n) is 8.15. The van der Waals surface area contributed by atoms with Crippen LogP contribution in [0.2, 0.25) is 0 Å². The Balaban J connectivity index is 1.81. The van der Waals surface area contributed by atoms with Crippen molar-refractivity contribution in [1.29, 1.82) is 0 Å². The molecule has 1 N–H and O–H groups in total. The van der Waals surface area contributed by atoms with Crippen LogP contribution in [0, 0.1) is 12.7 Å². The van der Waals surface area contributed by atoms with Crippen LogP contribution >= 0.6 is 0 Å². The van der Waals surface area contributed by atoms with Crippen LogP contribution < -0.4 is 10.2 Å². The number of nitrogens with zero attached hydrogens (tertiary/aromatic N) is 3. The fourth-order valence-corrected chi connectivity index (χ4v) is 3.15. The third-order valence-corrected chi connectivity index (χ3v) is 4.21. The van der Waals surface area contributed by atoms with Crippen molar-refractivity contribution in [2.24, 2.45) is 0 Å². The number of benzene rings is 1. The second-order valence-electron chi connectivity index (χ2n) is 6.23. The lowest BCUT2D eigenvalue weighted by Crippen LogP contribution is -2.47. The van der Waals surface area contributed by atoms with Gasteiger partial charge in [-0.2, -0.15) is 0 Å². The zero-order valence-corrected chi connectivity index (χ0v) is 13.9. The molecule has 1 amide bonds. The van der Waals surface area contributed by atoms with Gasteiger partial charge in [0, 0.05) is 31.6 Å². The Morgan fingerprint density at radius 2 is 2.17 bits per heavy atom. The van der Waals surface area contributed by atoms with Gasteiger partial charge in [-0.3, -0.25) is 4.79 Å². The minimum atomic E-state index is -0.287. The molecule has 1 aliphatic heterocycles. The number of rotatable bonds is 3. The Morgan fingerprint density at radius 1 is 1.33 bits per heavy atom. The van der Waals surface area contributed by atoms with Crippen molar-refractivity contribution in [3.8, 4) is 11.3 Å². The Hall–Kier alpha value is -2.50. The van der Waals surface area contributed by atoms with Gasteiger partial charge in [0.15, 0.2) is 5.82 Å². The molecule has 1 aromatic heterocycles. The lowest BCUT2D eigenvalue weighted by molar-refractivity contribution is -0.119. The molecule has 0 saturated carbocycles. The Morgan fingerprint density at radius 3 is 2.88 bits per heavy atom. The molecule has 0 radical (unpaired) electrons. The zero-order chi connectivity index (χ0) is 17.1. The van der Waals surface area contributed by atoms with E-state index in [9.17, 15) is 9.18 Å². The summed E-state index contributed by atoms with van der Waals surface area (Å²) in [6.45, 7) is 5.14. The first-order valence-corrected chi connectivity index (χ1v) is 8.15. The molecular weight excluding hydrogens is 307 g/mol. The lowest BCUT2D eigenvalue weighted by Gasteiger charge is -2.34. The van der Waals surface area contributed by atoms with Crippen molar-refractivity contribution in [3.63, 3.8) is 0 Å². The van der Waals surface area contributed by atoms with E-state index in [0.29, 0.717) is 11.3 Å². The number of carbonyl (C=O) groups is 1. The van der Waals surface area contributed by atoms with E-state index in [-0.39, 0.29) is 17.8 Å². The van der Waals surface area contributed by atoms with Gasteiger partial charge in [-0.25, -0.2) is 4.39 Å². The first kappa shape index (κ1) is 16.4. The summed E-state index contributed by atoms with van der Waals surface area (Å²) in [5.74, 6) is 0.529. The largest absolute Gasteiger partial charge is 0.353 e. The normalized spacial score (nSPS) is 17.6. The van der Waals surface area contributed by atoms with Gasteiger partial charge in [-0.05, 0) is 43.5 Å². The van der Waals surface area contributed by atoms with Crippen LogP contribution in [-0.4, -0.2) is 35.2 Å². The number of hydrogen-bond donors (Lipinski definition) is 1. The van der Waals surface area contributed by atoms with E-state index in [2.05, 4.69) is 20.4 Å². The van der Waals surface area contributed by atoms with Gasteiger partial charge in [0.05, 0.1) is 5.69 Å². The molecule has 0 bridgehead atoms. The number of aromatic nitrogens is 2. The predicted molar refractivity (Wildman–Crippen MR) is 91.2 cm³/mol. The Kier molecular flexibility index (Phi) is 4.74. The van der Waals surface area contributed by atoms with E-state index in [1.807, 2.05) is 19.1 Å². The van der Waals surface area contributed by atoms with E-state index in [0.717, 1.165) is 37.3 Å². The molecule has 2 heterocycles. The average molecular weight is 328 g/mol. The summed E-state index contributed by atoms with van der Waals surface area (Å²) >= 11 is 0. The van der Waals surface area contributed by atoms with Gasteiger partial charge in [-0.1, -0.05) is 12.1 Å². The van der Waals surface area contributed by atoms with Crippen molar-refractivity contribution in [2.45, 2.75) is 32.7 Å². The van der Waals surface area contributed by atoms with Crippen molar-refractivity contribution in [2.75, 3.05) is 18.0 Å². The predicted octanol–water partition coefficient (Wildman–Crippen LogP) is 2.70. The zero-order valence-electron chi connectivity index (χ0n) is 13.9. The van der Waals surface area contributed by atoms with E-state index in [1.165, 1.54) is 19.1 Å². The number of piperidine rings is 1. The Labute approximate surface area is 140 Å². The number of amides is 1. The van der Waals surface area contributed by atoms with Crippen LogP contribution in [0.25, 0.3) is 11.3 Å². The highest BCUT2D eigenvalue weighted by atomic mass is 19.1. The number of anilines is 1. The molecule has 1 aromatic carbocycles. The Bertz CT molecular complexity index is 750. The van der Waals surface area contributed by atoms with Crippen molar-refractivity contribution in [1.82, 2.24) is 15.5 Å². The smallest absolute Gasteiger partial charge is 0.217 e. The molecule has 126 valence electrons. The molecule has 1 fully saturated rings. The van der Waals surface area contributed by atoms with Crippen LogP contribution in [0.3, 0.4) is 0 Å². The number of carbonyl (C=O) groups excluding carboxylic acids is 1. The van der Waals surface area contributed by atoms with Crippen LogP contribution in [0.4, 0.5) is 10.2 Å². The molecule has 2 aromatic rings. The minimum Gasteiger partial charge on any atom is -0.353 e. The van der Waals surface area contributed by atoms with Gasteiger partial charge in [0.25, 0.3) is 0 Å². The van der Waals surface area contributed by atoms with E-state index in [4.69, 9.17) is 0 Å². The lowest BCUT2D eigenvalue weighted by atomic mass is 10.0. The van der Waals surface area contributed by atoms with Crippen molar-refractivity contribution < 1.29 is 9.18 Å². The summed E-state index contributed by atoms with van der Waals surface area (Å²) < 4.78 is 13.4. The molecule has 0 spiro atoms. The highest BCUT2D eigenvalue weighted by molar-refractivity contribution is 5.73. The van der Waals surface area contributed by atoms with E-state index >= 15 is 0 Å². The maximum absolute atomic E-state index is 13.4. The maximum atomic E-state index is 13.4. The van der Waals surface area contributed by atoms with Crippen molar-refractivity contribution in [3.05, 3.63) is 41.7 Å². The summed E-state index contributed by atoms with van der Waals surface area (Å²) in [5.41, 5.74) is 2.37. The van der Waals surface area contributed by atoms with E-state index in [1.54, 1.807) is 6.07 Å². The fourth-order valence-electron chi connectivity index (χ4n) is 3.15. The molecule has 1 unspecified atom stereocenters. The maximum Gasteiger partial charge on any atom is 0.217 e. The molecule has 3 rings (SSSR count). The van der Waals surface area contributed by atoms with Crippen LogP contribution in [0.1, 0.15) is 25.3 Å². The molecule has 24 heavy (non-hydrogen) atoms. The molecule has 0 aliphatic carbocycles. The molecular formula is C18H21FN4O. The first-order chi connectivity index (χ1) is 11.5. The third-order valence-electron chi connectivity index (χ3n) is 4.21. The number of nitrogens with one attached hydrogen (secondary N) is 1. The summed E-state index contributed by atoms with van der Waals surface area (Å²) in [5, 5.41) is 11.6. The standard InChI is InChI=1S/C18H21FN4O/c1-12-9-17(14-5-3-6-15(19)10-14)21-22-18(12)23-8-4-7-16(11-23)20-13(2)24/h3,5-6,9-10,16H,4,7-8,11H2,1-2H3,(H,20,24). The average Bonchev–Trinajstić information content (AvgIpc) is 2.54. The van der Waals surface area contributed by atoms with Crippen LogP contribution in [-0.2, 0) is 4.79 Å². The number of hydrogen-bond acceptors (Lipinski definition) is 4. The fraction of sp³-hybridized carbons (Fsp3) is 0.389. The number of halogens is 1. The molecule has 6 heteroatoms. The molecule has 1 aliphatic rings. The summed E-state index contributed by atoms with van der Waals surface area (Å²) in [6.07, 6.45) is 1.97. The number of aryl methyl sites for hydroxylation is 1. The van der Waals surface area contributed by atoms with Gasteiger partial charge in [0.2, 0.25) is 5.91 Å². The van der Waals surface area contributed by atoms with Crippen LogP contribution in [0.15, 0.2) is 30.3 Å².